The van der Waals surface area contributed by atoms with E-state index >= 15 is 0 Å². The van der Waals surface area contributed by atoms with Crippen LogP contribution in [0.3, 0.4) is 0 Å². The Morgan fingerprint density at radius 3 is 2.94 bits per heavy atom. The van der Waals surface area contributed by atoms with Gasteiger partial charge in [-0.25, -0.2) is 4.39 Å². The number of hydrogen-bond donors (Lipinski definition) is 2. The lowest BCUT2D eigenvalue weighted by molar-refractivity contribution is 0.140. The molecule has 1 saturated heterocycles. The highest BCUT2D eigenvalue weighted by molar-refractivity contribution is 9.10. The molecule has 4 heteroatoms. The van der Waals surface area contributed by atoms with Crippen LogP contribution in [-0.4, -0.2) is 17.7 Å². The molecule has 0 aliphatic carbocycles. The number of benzene rings is 1. The number of halogens is 2. The van der Waals surface area contributed by atoms with Gasteiger partial charge in [0.2, 0.25) is 0 Å². The molecule has 1 aliphatic heterocycles. The maximum absolute atomic E-state index is 13.6. The molecule has 0 bridgehead atoms. The molecule has 1 aliphatic rings. The fourth-order valence-electron chi connectivity index (χ4n) is 2.29. The zero-order chi connectivity index (χ0) is 12.3. The molecule has 2 atom stereocenters. The molecule has 2 N–H and O–H groups in total. The molecule has 0 amide bonds. The first-order valence-corrected chi connectivity index (χ1v) is 6.82. The molecule has 1 fully saturated rings. The average molecular weight is 302 g/mol. The summed E-state index contributed by atoms with van der Waals surface area (Å²) in [5.74, 6) is -0.345. The number of aliphatic hydroxyl groups is 1. The van der Waals surface area contributed by atoms with E-state index < -0.39 is 6.10 Å². The highest BCUT2D eigenvalue weighted by atomic mass is 79.9. The molecule has 1 heterocycles. The molecule has 2 unspecified atom stereocenters. The summed E-state index contributed by atoms with van der Waals surface area (Å²) in [6.07, 6.45) is 3.30. The smallest absolute Gasteiger partial charge is 0.130 e. The number of nitrogens with one attached hydrogen (secondary N) is 1. The monoisotopic (exact) mass is 301 g/mol. The predicted octanol–water partition coefficient (Wildman–Crippen LogP) is 3.15. The first-order chi connectivity index (χ1) is 8.16. The first-order valence-electron chi connectivity index (χ1n) is 6.03. The Morgan fingerprint density at radius 1 is 1.47 bits per heavy atom. The zero-order valence-electron chi connectivity index (χ0n) is 9.63. The summed E-state index contributed by atoms with van der Waals surface area (Å²) in [5.41, 5.74) is 0.389. The van der Waals surface area contributed by atoms with Gasteiger partial charge in [-0.15, -0.1) is 0 Å². The highest BCUT2D eigenvalue weighted by Crippen LogP contribution is 2.26. The molecule has 0 spiro atoms. The van der Waals surface area contributed by atoms with Gasteiger partial charge >= 0.3 is 0 Å². The van der Waals surface area contributed by atoms with Crippen molar-refractivity contribution in [2.45, 2.75) is 37.8 Å². The van der Waals surface area contributed by atoms with E-state index in [4.69, 9.17) is 0 Å². The first kappa shape index (κ1) is 13.0. The van der Waals surface area contributed by atoms with Gasteiger partial charge in [-0.05, 0) is 37.9 Å². The van der Waals surface area contributed by atoms with E-state index in [1.54, 1.807) is 12.1 Å². The molecule has 0 radical (unpaired) electrons. The van der Waals surface area contributed by atoms with Gasteiger partial charge < -0.3 is 10.4 Å². The van der Waals surface area contributed by atoms with Gasteiger partial charge in [0.05, 0.1) is 6.10 Å². The van der Waals surface area contributed by atoms with Gasteiger partial charge in [-0.1, -0.05) is 28.4 Å². The summed E-state index contributed by atoms with van der Waals surface area (Å²) in [6, 6.07) is 5.11. The SMILES string of the molecule is OC(CC1CCCCN1)c1ccc(Br)cc1F. The van der Waals surface area contributed by atoms with E-state index in [0.717, 1.165) is 13.0 Å². The number of rotatable bonds is 3. The van der Waals surface area contributed by atoms with Crippen LogP contribution in [0.25, 0.3) is 0 Å². The Kier molecular flexibility index (Phi) is 4.54. The predicted molar refractivity (Wildman–Crippen MR) is 69.3 cm³/mol. The molecule has 2 rings (SSSR count). The lowest BCUT2D eigenvalue weighted by Crippen LogP contribution is -2.35. The Bertz CT molecular complexity index is 380. The normalized spacial score (nSPS) is 22.4. The third-order valence-electron chi connectivity index (χ3n) is 3.24. The summed E-state index contributed by atoms with van der Waals surface area (Å²) >= 11 is 3.21. The van der Waals surface area contributed by atoms with E-state index in [-0.39, 0.29) is 5.82 Å². The van der Waals surface area contributed by atoms with Crippen molar-refractivity contribution < 1.29 is 9.50 Å². The van der Waals surface area contributed by atoms with E-state index in [9.17, 15) is 9.50 Å². The summed E-state index contributed by atoms with van der Waals surface area (Å²) in [5, 5.41) is 13.4. The summed E-state index contributed by atoms with van der Waals surface area (Å²) in [6.45, 7) is 1.00. The van der Waals surface area contributed by atoms with E-state index in [1.807, 2.05) is 0 Å². The highest BCUT2D eigenvalue weighted by Gasteiger charge is 2.20. The third kappa shape index (κ3) is 3.50. The molecular weight excluding hydrogens is 285 g/mol. The van der Waals surface area contributed by atoms with Gasteiger partial charge in [0.25, 0.3) is 0 Å². The maximum Gasteiger partial charge on any atom is 0.130 e. The van der Waals surface area contributed by atoms with Gasteiger partial charge in [0.1, 0.15) is 5.82 Å². The quantitative estimate of drug-likeness (QED) is 0.899. The summed E-state index contributed by atoms with van der Waals surface area (Å²) in [7, 11) is 0. The van der Waals surface area contributed by atoms with Crippen LogP contribution in [0.5, 0.6) is 0 Å². The largest absolute Gasteiger partial charge is 0.388 e. The van der Waals surface area contributed by atoms with Gasteiger partial charge in [-0.3, -0.25) is 0 Å². The molecule has 1 aromatic carbocycles. The van der Waals surface area contributed by atoms with Crippen molar-refractivity contribution in [3.05, 3.63) is 34.1 Å². The molecule has 17 heavy (non-hydrogen) atoms. The third-order valence-corrected chi connectivity index (χ3v) is 3.73. The summed E-state index contributed by atoms with van der Waals surface area (Å²) in [4.78, 5) is 0. The van der Waals surface area contributed by atoms with Crippen molar-refractivity contribution in [3.63, 3.8) is 0 Å². The van der Waals surface area contributed by atoms with Crippen LogP contribution in [-0.2, 0) is 0 Å². The average Bonchev–Trinajstić information content (AvgIpc) is 2.30. The standard InChI is InChI=1S/C13H17BrFNO/c14-9-4-5-11(12(15)7-9)13(17)8-10-3-1-2-6-16-10/h4-5,7,10,13,16-17H,1-3,6,8H2. The van der Waals surface area contributed by atoms with Crippen molar-refractivity contribution >= 4 is 15.9 Å². The Labute approximate surface area is 109 Å². The van der Waals surface area contributed by atoms with Crippen molar-refractivity contribution in [1.82, 2.24) is 5.32 Å². The number of piperidine rings is 1. The maximum atomic E-state index is 13.6. The summed E-state index contributed by atoms with van der Waals surface area (Å²) < 4.78 is 14.3. The second-order valence-electron chi connectivity index (χ2n) is 4.56. The lowest BCUT2D eigenvalue weighted by Gasteiger charge is -2.25. The van der Waals surface area contributed by atoms with Crippen LogP contribution < -0.4 is 5.32 Å². The fourth-order valence-corrected chi connectivity index (χ4v) is 2.63. The van der Waals surface area contributed by atoms with Crippen molar-refractivity contribution in [3.8, 4) is 0 Å². The Hall–Kier alpha value is -0.450. The molecule has 2 nitrogen and oxygen atoms in total. The lowest BCUT2D eigenvalue weighted by atomic mass is 9.96. The molecule has 94 valence electrons. The van der Waals surface area contributed by atoms with Gasteiger partial charge in [0.15, 0.2) is 0 Å². The minimum absolute atomic E-state index is 0.307. The van der Waals surface area contributed by atoms with Crippen LogP contribution in [0.15, 0.2) is 22.7 Å². The van der Waals surface area contributed by atoms with Crippen molar-refractivity contribution in [1.29, 1.82) is 0 Å². The fraction of sp³-hybridized carbons (Fsp3) is 0.538. The van der Waals surface area contributed by atoms with E-state index in [2.05, 4.69) is 21.2 Å². The zero-order valence-corrected chi connectivity index (χ0v) is 11.2. The van der Waals surface area contributed by atoms with Crippen molar-refractivity contribution in [2.75, 3.05) is 6.54 Å². The minimum Gasteiger partial charge on any atom is -0.388 e. The molecule has 0 aromatic heterocycles. The van der Waals surface area contributed by atoms with E-state index in [1.165, 1.54) is 18.9 Å². The Balaban J connectivity index is 2.00. The van der Waals surface area contributed by atoms with Gasteiger partial charge in [-0.2, -0.15) is 0 Å². The number of hydrogen-bond acceptors (Lipinski definition) is 2. The van der Waals surface area contributed by atoms with Crippen LogP contribution in [0.4, 0.5) is 4.39 Å². The molecule has 1 aromatic rings. The van der Waals surface area contributed by atoms with Gasteiger partial charge in [0, 0.05) is 16.1 Å². The molecular formula is C13H17BrFNO. The van der Waals surface area contributed by atoms with Crippen LogP contribution >= 0.6 is 15.9 Å². The van der Waals surface area contributed by atoms with Crippen LogP contribution in [0.2, 0.25) is 0 Å². The van der Waals surface area contributed by atoms with E-state index in [0.29, 0.717) is 22.5 Å². The topological polar surface area (TPSA) is 32.3 Å². The second-order valence-corrected chi connectivity index (χ2v) is 5.48. The second kappa shape index (κ2) is 5.94. The Morgan fingerprint density at radius 2 is 2.29 bits per heavy atom. The van der Waals surface area contributed by atoms with Crippen LogP contribution in [0, 0.1) is 5.82 Å². The number of aliphatic hydroxyl groups excluding tert-OH is 1. The van der Waals surface area contributed by atoms with Crippen LogP contribution in [0.1, 0.15) is 37.4 Å². The minimum atomic E-state index is -0.723. The molecule has 0 saturated carbocycles. The van der Waals surface area contributed by atoms with Crippen molar-refractivity contribution in [2.24, 2.45) is 0 Å².